The fourth-order valence-corrected chi connectivity index (χ4v) is 2.28. The number of carbonyl (C=O) groups excluding carboxylic acids is 2. The van der Waals surface area contributed by atoms with Gasteiger partial charge in [0.05, 0.1) is 11.1 Å². The zero-order valence-corrected chi connectivity index (χ0v) is 16.1. The lowest BCUT2D eigenvalue weighted by atomic mass is 10.0. The van der Waals surface area contributed by atoms with Gasteiger partial charge in [-0.1, -0.05) is 0 Å². The highest BCUT2D eigenvalue weighted by molar-refractivity contribution is 9.10. The maximum atomic E-state index is 13.4. The molecule has 0 radical (unpaired) electrons. The highest BCUT2D eigenvalue weighted by atomic mass is 79.9. The van der Waals surface area contributed by atoms with Crippen LogP contribution >= 0.6 is 15.9 Å². The molecular formula is C17H21BrF2O4. The summed E-state index contributed by atoms with van der Waals surface area (Å²) in [6.45, 7) is 9.91. The fourth-order valence-electron chi connectivity index (χ4n) is 1.77. The molecule has 4 nitrogen and oxygen atoms in total. The van der Waals surface area contributed by atoms with Crippen molar-refractivity contribution in [2.75, 3.05) is 0 Å². The molecule has 0 unspecified atom stereocenters. The molecule has 7 heteroatoms. The number of halogens is 3. The summed E-state index contributed by atoms with van der Waals surface area (Å²) in [6, 6.07) is 2.12. The van der Waals surface area contributed by atoms with Gasteiger partial charge in [0, 0.05) is 10.0 Å². The van der Waals surface area contributed by atoms with Gasteiger partial charge in [0.1, 0.15) is 11.2 Å². The molecule has 0 N–H and O–H groups in total. The Kier molecular flexibility index (Phi) is 6.14. The molecule has 24 heavy (non-hydrogen) atoms. The van der Waals surface area contributed by atoms with Crippen molar-refractivity contribution in [3.8, 4) is 0 Å². The molecule has 0 aliphatic heterocycles. The standard InChI is InChI=1S/C17H21BrF2O4/c1-16(2,3)23-14(21)10-8-12(18)11(7-9(10)13(19)20)15(22)24-17(4,5)6/h7-8,13H,1-6H3. The van der Waals surface area contributed by atoms with E-state index in [1.54, 1.807) is 41.5 Å². The lowest BCUT2D eigenvalue weighted by Crippen LogP contribution is -2.26. The second-order valence-electron chi connectivity index (χ2n) is 7.22. The van der Waals surface area contributed by atoms with Crippen molar-refractivity contribution in [2.24, 2.45) is 0 Å². The maximum Gasteiger partial charge on any atom is 0.339 e. The molecule has 134 valence electrons. The first-order valence-electron chi connectivity index (χ1n) is 7.29. The first kappa shape index (κ1) is 20.5. The zero-order valence-electron chi connectivity index (χ0n) is 14.5. The van der Waals surface area contributed by atoms with Crippen LogP contribution in [0.3, 0.4) is 0 Å². The minimum Gasteiger partial charge on any atom is -0.456 e. The van der Waals surface area contributed by atoms with Crippen LogP contribution < -0.4 is 0 Å². The highest BCUT2D eigenvalue weighted by Crippen LogP contribution is 2.31. The molecule has 0 aliphatic rings. The smallest absolute Gasteiger partial charge is 0.339 e. The van der Waals surface area contributed by atoms with Crippen molar-refractivity contribution in [1.82, 2.24) is 0 Å². The van der Waals surface area contributed by atoms with E-state index in [-0.39, 0.29) is 15.6 Å². The molecule has 0 fully saturated rings. The van der Waals surface area contributed by atoms with Gasteiger partial charge in [-0.05, 0) is 69.6 Å². The number of hydrogen-bond acceptors (Lipinski definition) is 4. The van der Waals surface area contributed by atoms with E-state index in [2.05, 4.69) is 15.9 Å². The summed E-state index contributed by atoms with van der Waals surface area (Å²) in [5.74, 6) is -1.64. The summed E-state index contributed by atoms with van der Waals surface area (Å²) >= 11 is 3.13. The van der Waals surface area contributed by atoms with Gasteiger partial charge in [-0.15, -0.1) is 0 Å². The maximum absolute atomic E-state index is 13.4. The third kappa shape index (κ3) is 5.85. The Morgan fingerprint density at radius 1 is 0.917 bits per heavy atom. The van der Waals surface area contributed by atoms with E-state index >= 15 is 0 Å². The van der Waals surface area contributed by atoms with E-state index in [0.717, 1.165) is 12.1 Å². The number of hydrogen-bond donors (Lipinski definition) is 0. The van der Waals surface area contributed by atoms with Crippen LogP contribution in [-0.2, 0) is 9.47 Å². The van der Waals surface area contributed by atoms with E-state index in [4.69, 9.17) is 9.47 Å². The van der Waals surface area contributed by atoms with Gasteiger partial charge in [-0.2, -0.15) is 0 Å². The Bertz CT molecular complexity index is 643. The molecule has 0 spiro atoms. The molecule has 0 aliphatic carbocycles. The van der Waals surface area contributed by atoms with Crippen molar-refractivity contribution >= 4 is 27.9 Å². The normalized spacial score (nSPS) is 12.2. The quantitative estimate of drug-likeness (QED) is 0.639. The van der Waals surface area contributed by atoms with Crippen LogP contribution in [0.4, 0.5) is 8.78 Å². The largest absolute Gasteiger partial charge is 0.456 e. The summed E-state index contributed by atoms with van der Waals surface area (Å²) in [6.07, 6.45) is -2.94. The van der Waals surface area contributed by atoms with Gasteiger partial charge < -0.3 is 9.47 Å². The van der Waals surface area contributed by atoms with E-state index < -0.39 is 35.1 Å². The van der Waals surface area contributed by atoms with Gasteiger partial charge in [0.25, 0.3) is 6.43 Å². The third-order valence-corrected chi connectivity index (χ3v) is 3.27. The molecule has 0 saturated carbocycles. The van der Waals surface area contributed by atoms with Crippen LogP contribution in [0.15, 0.2) is 16.6 Å². The second-order valence-corrected chi connectivity index (χ2v) is 8.08. The summed E-state index contributed by atoms with van der Waals surface area (Å²) < 4.78 is 37.2. The Balaban J connectivity index is 3.33. The number of esters is 2. The van der Waals surface area contributed by atoms with Crippen LogP contribution in [-0.4, -0.2) is 23.1 Å². The van der Waals surface area contributed by atoms with Crippen molar-refractivity contribution < 1.29 is 27.8 Å². The predicted octanol–water partition coefficient (Wildman–Crippen LogP) is 5.30. The van der Waals surface area contributed by atoms with Crippen LogP contribution in [0, 0.1) is 0 Å². The average molecular weight is 407 g/mol. The predicted molar refractivity (Wildman–Crippen MR) is 89.4 cm³/mol. The molecule has 0 aromatic heterocycles. The molecule has 0 saturated heterocycles. The number of alkyl halides is 2. The SMILES string of the molecule is CC(C)(C)OC(=O)c1cc(C(F)F)c(C(=O)OC(C)(C)C)cc1Br. The first-order valence-corrected chi connectivity index (χ1v) is 8.09. The van der Waals surface area contributed by atoms with E-state index in [0.29, 0.717) is 0 Å². The molecular weight excluding hydrogens is 386 g/mol. The molecule has 0 bridgehead atoms. The zero-order chi connectivity index (χ0) is 18.9. The van der Waals surface area contributed by atoms with Gasteiger partial charge >= 0.3 is 11.9 Å². The van der Waals surface area contributed by atoms with Crippen molar-refractivity contribution in [1.29, 1.82) is 0 Å². The molecule has 0 atom stereocenters. The minimum atomic E-state index is -2.94. The van der Waals surface area contributed by atoms with Crippen LogP contribution in [0.5, 0.6) is 0 Å². The molecule has 1 aromatic carbocycles. The van der Waals surface area contributed by atoms with E-state index in [1.807, 2.05) is 0 Å². The second kappa shape index (κ2) is 7.17. The highest BCUT2D eigenvalue weighted by Gasteiger charge is 2.28. The minimum absolute atomic E-state index is 0.0764. The number of carbonyl (C=O) groups is 2. The van der Waals surface area contributed by atoms with Crippen molar-refractivity contribution in [3.05, 3.63) is 33.3 Å². The van der Waals surface area contributed by atoms with Crippen molar-refractivity contribution in [2.45, 2.75) is 59.2 Å². The summed E-state index contributed by atoms with van der Waals surface area (Å²) in [7, 11) is 0. The first-order chi connectivity index (χ1) is 10.7. The Morgan fingerprint density at radius 2 is 1.33 bits per heavy atom. The lowest BCUT2D eigenvalue weighted by Gasteiger charge is -2.22. The van der Waals surface area contributed by atoms with Gasteiger partial charge in [-0.3, -0.25) is 0 Å². The summed E-state index contributed by atoms with van der Waals surface area (Å²) in [5.41, 5.74) is -2.54. The fraction of sp³-hybridized carbons (Fsp3) is 0.529. The summed E-state index contributed by atoms with van der Waals surface area (Å²) in [4.78, 5) is 24.3. The van der Waals surface area contributed by atoms with E-state index in [1.165, 1.54) is 0 Å². The van der Waals surface area contributed by atoms with Crippen molar-refractivity contribution in [3.63, 3.8) is 0 Å². The molecule has 0 heterocycles. The summed E-state index contributed by atoms with van der Waals surface area (Å²) in [5, 5.41) is 0. The number of rotatable bonds is 3. The molecule has 1 rings (SSSR count). The Labute approximate surface area is 148 Å². The van der Waals surface area contributed by atoms with E-state index in [9.17, 15) is 18.4 Å². The molecule has 0 amide bonds. The Hall–Kier alpha value is -1.50. The number of benzene rings is 1. The molecule has 1 aromatic rings. The van der Waals surface area contributed by atoms with Gasteiger partial charge in [-0.25, -0.2) is 18.4 Å². The van der Waals surface area contributed by atoms with Crippen LogP contribution in [0.1, 0.15) is 74.2 Å². The van der Waals surface area contributed by atoms with Gasteiger partial charge in [0.15, 0.2) is 0 Å². The Morgan fingerprint density at radius 3 is 1.71 bits per heavy atom. The average Bonchev–Trinajstić information content (AvgIpc) is 2.33. The lowest BCUT2D eigenvalue weighted by molar-refractivity contribution is 0.00454. The number of ether oxygens (including phenoxy) is 2. The monoisotopic (exact) mass is 406 g/mol. The third-order valence-electron chi connectivity index (χ3n) is 2.61. The van der Waals surface area contributed by atoms with Crippen LogP contribution in [0.25, 0.3) is 0 Å². The van der Waals surface area contributed by atoms with Crippen LogP contribution in [0.2, 0.25) is 0 Å². The topological polar surface area (TPSA) is 52.6 Å². The van der Waals surface area contributed by atoms with Gasteiger partial charge in [0.2, 0.25) is 0 Å².